The van der Waals surface area contributed by atoms with Crippen LogP contribution in [0.15, 0.2) is 170 Å². The molecule has 21 radical (unpaired) electrons. The Hall–Kier alpha value is -3.19. The van der Waals surface area contributed by atoms with Gasteiger partial charge in [0, 0.05) is 96.8 Å². The summed E-state index contributed by atoms with van der Waals surface area (Å²) in [4.78, 5) is 0. The second-order valence-electron chi connectivity index (χ2n) is 39.4. The number of fused-ring (bicyclic) bond motifs is 15. The lowest BCUT2D eigenvalue weighted by Crippen LogP contribution is -2.43. The van der Waals surface area contributed by atoms with Crippen LogP contribution >= 0.6 is 0 Å². The highest BCUT2D eigenvalue weighted by Crippen LogP contribution is 2.67. The van der Waals surface area contributed by atoms with Gasteiger partial charge >= 0.3 is 0 Å². The topological polar surface area (TPSA) is 0 Å². The number of hydrogen-bond acceptors (Lipinski definition) is 0. The molecule has 23 rings (SSSR count). The van der Waals surface area contributed by atoms with Crippen LogP contribution in [0, 0.1) is 138 Å². The summed E-state index contributed by atoms with van der Waals surface area (Å²) < 4.78 is 0. The summed E-state index contributed by atoms with van der Waals surface area (Å²) in [7, 11) is 0. The molecule has 8 spiro atoms. The standard InChI is InChI=1S/C17H24.C16H22.C14H20.4C13H18.7B/c1-3-9-15-13(7-1)14-8-2-4-10-16(14)17(15)11-5-6-12-17;1-2-10-16(9-1)14-7-3-5-12(14)11-13-6-4-8-15(13)16;1-2-6-13(7-3-1)10-11-14(12-13)8-4-5-9-14;1-2-9-13(8-1)10-4-6-11-5-3-7-12(11)13;1-2-8-13(7-1)9-6-11-4-3-5-12(11)10-13;1-2-6-12-11(5-1)7-10-13(12)8-3-4-9-13;1-2-6-12-10-13(7-3-4-8-13)9-11(12)5-1;;;;;;;/h5-6,11-16H,1-4,7-10H2;1-2,9-10,12-15H,3-8,11H2;4-5,8-9H,1-3,6-7,10-12H2;1-2,8-9,11-12H,3-7,10H2;1-2,7-8,11-12H,3-6,9-10H2;3-4,8-9,11-12H,1-2,5-7,10H2;3-4,7-8,11-12H,1-2,5-6,9-10H2;;;;;;;. The first-order chi connectivity index (χ1) is 48.7. The van der Waals surface area contributed by atoms with Crippen molar-refractivity contribution in [2.75, 3.05) is 0 Å². The molecular formula is C99H138B7. The smallest absolute Gasteiger partial charge is 0.0129 e. The van der Waals surface area contributed by atoms with Gasteiger partial charge in [-0.3, -0.25) is 0 Å². The van der Waals surface area contributed by atoms with Crippen LogP contribution in [0.5, 0.6) is 0 Å². The number of hydrogen-bond donors (Lipinski definition) is 0. The van der Waals surface area contributed by atoms with Gasteiger partial charge < -0.3 is 0 Å². The van der Waals surface area contributed by atoms with Gasteiger partial charge in [-0.05, 0) is 241 Å². The zero-order chi connectivity index (χ0) is 66.3. The maximum Gasteiger partial charge on any atom is 0.0129 e. The molecule has 0 N–H and O–H groups in total. The average Bonchev–Trinajstić information content (AvgIpc) is 1.57. The Kier molecular flexibility index (Phi) is 29.6. The molecule has 0 aromatic heterocycles. The van der Waals surface area contributed by atoms with Crippen LogP contribution in [0.3, 0.4) is 0 Å². The molecule has 16 fully saturated rings. The van der Waals surface area contributed by atoms with E-state index in [1.807, 2.05) is 0 Å². The monoisotopic (exact) mass is 1400 g/mol. The Labute approximate surface area is 664 Å². The zero-order valence-corrected chi connectivity index (χ0v) is 66.7. The highest BCUT2D eigenvalue weighted by Gasteiger charge is 2.59. The molecule has 7 heteroatoms. The van der Waals surface area contributed by atoms with Gasteiger partial charge in [0.05, 0.1) is 0 Å². The van der Waals surface area contributed by atoms with E-state index in [0.717, 1.165) is 100 Å². The lowest BCUT2D eigenvalue weighted by molar-refractivity contribution is 0.0486. The summed E-state index contributed by atoms with van der Waals surface area (Å²) in [6.07, 6.45) is 137. The molecule has 0 bridgehead atoms. The van der Waals surface area contributed by atoms with Crippen LogP contribution in [0.25, 0.3) is 0 Å². The fraction of sp³-hybridized carbons (Fsp3) is 0.717. The normalized spacial score (nSPS) is 38.4. The van der Waals surface area contributed by atoms with Crippen molar-refractivity contribution >= 4 is 58.9 Å². The Morgan fingerprint density at radius 3 is 1.08 bits per heavy atom. The molecule has 0 aliphatic heterocycles. The molecule has 0 heterocycles. The number of rotatable bonds is 0. The largest absolute Gasteiger partial charge is 0.0745 e. The quantitative estimate of drug-likeness (QED) is 0.212. The minimum atomic E-state index is 0. The van der Waals surface area contributed by atoms with Crippen molar-refractivity contribution in [1.82, 2.24) is 0 Å². The van der Waals surface area contributed by atoms with Crippen LogP contribution in [-0.2, 0) is 0 Å². The first kappa shape index (κ1) is 85.2. The van der Waals surface area contributed by atoms with Crippen LogP contribution < -0.4 is 0 Å². The minimum Gasteiger partial charge on any atom is -0.0745 e. The van der Waals surface area contributed by atoms with E-state index in [9.17, 15) is 0 Å². The Morgan fingerprint density at radius 1 is 0.189 bits per heavy atom. The molecule has 16 atom stereocenters. The van der Waals surface area contributed by atoms with E-state index in [1.54, 1.807) is 6.42 Å². The summed E-state index contributed by atoms with van der Waals surface area (Å²) in [5.41, 5.74) is 4.32. The third kappa shape index (κ3) is 16.8. The van der Waals surface area contributed by atoms with E-state index in [0.29, 0.717) is 37.9 Å². The predicted molar refractivity (Wildman–Crippen MR) is 461 cm³/mol. The highest BCUT2D eigenvalue weighted by molar-refractivity contribution is 5.76. The summed E-state index contributed by atoms with van der Waals surface area (Å²) in [6.45, 7) is 0. The van der Waals surface area contributed by atoms with E-state index < -0.39 is 0 Å². The van der Waals surface area contributed by atoms with Gasteiger partial charge in [0.25, 0.3) is 0 Å². The fourth-order valence-electron chi connectivity index (χ4n) is 30.5. The van der Waals surface area contributed by atoms with Gasteiger partial charge in [-0.1, -0.05) is 331 Å². The molecule has 555 valence electrons. The summed E-state index contributed by atoms with van der Waals surface area (Å²) >= 11 is 0. The molecule has 0 amide bonds. The molecule has 23 aliphatic carbocycles. The summed E-state index contributed by atoms with van der Waals surface area (Å²) in [5, 5.41) is 0. The van der Waals surface area contributed by atoms with Gasteiger partial charge in [0.1, 0.15) is 0 Å². The van der Waals surface area contributed by atoms with Gasteiger partial charge in [0.2, 0.25) is 0 Å². The molecule has 0 aromatic rings. The Morgan fingerprint density at radius 2 is 0.528 bits per heavy atom. The van der Waals surface area contributed by atoms with Crippen molar-refractivity contribution in [3.05, 3.63) is 170 Å². The third-order valence-corrected chi connectivity index (χ3v) is 34.8. The predicted octanol–water partition coefficient (Wildman–Crippen LogP) is 25.4. The van der Waals surface area contributed by atoms with Crippen LogP contribution in [0.1, 0.15) is 302 Å². The van der Waals surface area contributed by atoms with Gasteiger partial charge in [0.15, 0.2) is 0 Å². The van der Waals surface area contributed by atoms with Gasteiger partial charge in [-0.2, -0.15) is 0 Å². The molecule has 0 saturated heterocycles. The van der Waals surface area contributed by atoms with Crippen molar-refractivity contribution in [2.45, 2.75) is 302 Å². The molecule has 16 unspecified atom stereocenters. The maximum atomic E-state index is 2.59. The fourth-order valence-corrected chi connectivity index (χ4v) is 30.5. The third-order valence-electron chi connectivity index (χ3n) is 34.8. The van der Waals surface area contributed by atoms with E-state index in [4.69, 9.17) is 0 Å². The molecule has 16 saturated carbocycles. The molecule has 23 aliphatic rings. The molecule has 0 aromatic carbocycles. The SMILES string of the molecule is C1=CC2(C=C1)C1CCCC1CC1CCCC12.C1=CC2(C=C1)C1CCCCC1C1CCCCC12.C1=CC2(C=C1)CC1CCCCC1C2.C1=CC2(C=C1)CCC1(CCCCC1)C2.C1=CC2(C=C1)CCC1CCCC1C2.C1=CC2(C=C1)CCC1CCCCC12.C1=CC2(C=C1)CCCC1CCCC12.[B].[B].[B].[B].[B].[B].[B]. The summed E-state index contributed by atoms with van der Waals surface area (Å²) in [6, 6.07) is 0. The van der Waals surface area contributed by atoms with Crippen LogP contribution in [-0.4, -0.2) is 58.9 Å². The van der Waals surface area contributed by atoms with Crippen molar-refractivity contribution in [2.24, 2.45) is 138 Å². The first-order valence-corrected chi connectivity index (χ1v) is 44.3. The van der Waals surface area contributed by atoms with E-state index in [-0.39, 0.29) is 58.9 Å². The molecule has 0 nitrogen and oxygen atoms in total. The average molecular weight is 1400 g/mol. The van der Waals surface area contributed by atoms with Crippen molar-refractivity contribution < 1.29 is 0 Å². The van der Waals surface area contributed by atoms with Crippen LogP contribution in [0.4, 0.5) is 0 Å². The second kappa shape index (κ2) is 36.7. The van der Waals surface area contributed by atoms with Crippen LogP contribution in [0.2, 0.25) is 0 Å². The lowest BCUT2D eigenvalue weighted by Gasteiger charge is -2.49. The molecule has 106 heavy (non-hydrogen) atoms. The maximum absolute atomic E-state index is 2.59. The lowest BCUT2D eigenvalue weighted by atomic mass is 9.55. The van der Waals surface area contributed by atoms with E-state index in [2.05, 4.69) is 170 Å². The van der Waals surface area contributed by atoms with Crippen molar-refractivity contribution in [1.29, 1.82) is 0 Å². The Balaban J connectivity index is 0.000000131. The first-order valence-electron chi connectivity index (χ1n) is 44.3. The second-order valence-corrected chi connectivity index (χ2v) is 39.4. The van der Waals surface area contributed by atoms with Crippen molar-refractivity contribution in [3.8, 4) is 0 Å². The Bertz CT molecular complexity index is 3080. The highest BCUT2D eigenvalue weighted by atomic mass is 14.6. The number of allylic oxidation sites excluding steroid dienone is 28. The molecular weight excluding hydrogens is 1260 g/mol. The van der Waals surface area contributed by atoms with Gasteiger partial charge in [-0.25, -0.2) is 0 Å². The summed E-state index contributed by atoms with van der Waals surface area (Å²) in [5.74, 6) is 16.6. The minimum absolute atomic E-state index is 0. The zero-order valence-electron chi connectivity index (χ0n) is 66.7. The van der Waals surface area contributed by atoms with Gasteiger partial charge in [-0.15, -0.1) is 0 Å². The van der Waals surface area contributed by atoms with E-state index >= 15 is 0 Å². The van der Waals surface area contributed by atoms with Crippen molar-refractivity contribution in [3.63, 3.8) is 0 Å². The van der Waals surface area contributed by atoms with E-state index in [1.165, 1.54) is 295 Å².